The van der Waals surface area contributed by atoms with Crippen molar-refractivity contribution in [3.8, 4) is 11.1 Å². The lowest BCUT2D eigenvalue weighted by Gasteiger charge is -2.22. The van der Waals surface area contributed by atoms with Gasteiger partial charge in [-0.05, 0) is 113 Å². The van der Waals surface area contributed by atoms with Crippen LogP contribution in [0.15, 0.2) is 48.5 Å². The van der Waals surface area contributed by atoms with Crippen LogP contribution in [-0.2, 0) is 22.7 Å². The topological polar surface area (TPSA) is 24.9 Å². The van der Waals surface area contributed by atoms with Gasteiger partial charge in [0.2, 0.25) is 0 Å². The zero-order chi connectivity index (χ0) is 35.7. The standard InChI is InChI=1S/C46H80N2O2/c1-5-9-13-15-17-19-35-47(33-11-7-3)37-21-23-39-49-41-43-25-29-45(30-26-43)46-31-27-44(28-32-46)42-50-40-24-22-38-48(34-12-8-4)36-20-18-16-14-10-6-2/h25-32H,5-24,33-42H2,1-4H3. The van der Waals surface area contributed by atoms with E-state index in [4.69, 9.17) is 9.47 Å². The van der Waals surface area contributed by atoms with E-state index in [0.717, 1.165) is 26.1 Å². The van der Waals surface area contributed by atoms with E-state index in [9.17, 15) is 0 Å². The van der Waals surface area contributed by atoms with E-state index in [0.29, 0.717) is 13.2 Å². The number of hydrogen-bond donors (Lipinski definition) is 0. The SMILES string of the molecule is CCCCCCCCN(CCCC)CCCCOCc1ccc(-c2ccc(COCCCCN(CCCC)CCCCCCCC)cc2)cc1. The van der Waals surface area contributed by atoms with Crippen molar-refractivity contribution < 1.29 is 9.47 Å². The molecule has 50 heavy (non-hydrogen) atoms. The molecule has 0 aliphatic rings. The minimum absolute atomic E-state index is 0.698. The molecule has 0 amide bonds. The Morgan fingerprint density at radius 1 is 0.340 bits per heavy atom. The van der Waals surface area contributed by atoms with Gasteiger partial charge in [0.1, 0.15) is 0 Å². The Kier molecular flexibility index (Phi) is 28.4. The zero-order valence-electron chi connectivity index (χ0n) is 33.5. The molecule has 0 aromatic heterocycles. The van der Waals surface area contributed by atoms with E-state index in [1.807, 2.05) is 0 Å². The molecule has 0 aliphatic carbocycles. The fourth-order valence-electron chi connectivity index (χ4n) is 6.71. The molecule has 0 saturated heterocycles. The van der Waals surface area contributed by atoms with Crippen LogP contribution < -0.4 is 0 Å². The second-order valence-corrected chi connectivity index (χ2v) is 14.8. The summed E-state index contributed by atoms with van der Waals surface area (Å²) in [7, 11) is 0. The van der Waals surface area contributed by atoms with Gasteiger partial charge in [0.05, 0.1) is 13.2 Å². The maximum atomic E-state index is 6.06. The number of rotatable bonds is 35. The first kappa shape index (κ1) is 44.4. The van der Waals surface area contributed by atoms with Gasteiger partial charge in [0.15, 0.2) is 0 Å². The van der Waals surface area contributed by atoms with Crippen LogP contribution in [0.3, 0.4) is 0 Å². The fraction of sp³-hybridized carbons (Fsp3) is 0.739. The van der Waals surface area contributed by atoms with Gasteiger partial charge in [0.25, 0.3) is 0 Å². The van der Waals surface area contributed by atoms with Gasteiger partial charge in [-0.15, -0.1) is 0 Å². The van der Waals surface area contributed by atoms with E-state index in [1.54, 1.807) is 0 Å². The number of ether oxygens (including phenoxy) is 2. The molecular weight excluding hydrogens is 613 g/mol. The minimum Gasteiger partial charge on any atom is -0.377 e. The Morgan fingerprint density at radius 3 is 1.00 bits per heavy atom. The lowest BCUT2D eigenvalue weighted by Crippen LogP contribution is -2.27. The molecule has 0 saturated carbocycles. The van der Waals surface area contributed by atoms with Crippen molar-refractivity contribution in [2.24, 2.45) is 0 Å². The van der Waals surface area contributed by atoms with E-state index >= 15 is 0 Å². The molecule has 2 aromatic rings. The van der Waals surface area contributed by atoms with Crippen LogP contribution in [-0.4, -0.2) is 62.3 Å². The predicted molar refractivity (Wildman–Crippen MR) is 219 cm³/mol. The summed E-state index contributed by atoms with van der Waals surface area (Å²) in [6.07, 6.45) is 26.5. The Labute approximate surface area is 311 Å². The highest BCUT2D eigenvalue weighted by molar-refractivity contribution is 5.63. The molecule has 286 valence electrons. The number of benzene rings is 2. The van der Waals surface area contributed by atoms with Crippen molar-refractivity contribution in [2.45, 2.75) is 169 Å². The third-order valence-corrected chi connectivity index (χ3v) is 10.1. The maximum absolute atomic E-state index is 6.06. The minimum atomic E-state index is 0.698. The molecule has 0 radical (unpaired) electrons. The van der Waals surface area contributed by atoms with E-state index in [2.05, 4.69) is 86.0 Å². The van der Waals surface area contributed by atoms with Crippen LogP contribution >= 0.6 is 0 Å². The molecular formula is C46H80N2O2. The largest absolute Gasteiger partial charge is 0.377 e. The molecule has 0 spiro atoms. The molecule has 0 aliphatic heterocycles. The molecule has 0 N–H and O–H groups in total. The molecule has 4 nitrogen and oxygen atoms in total. The van der Waals surface area contributed by atoms with Crippen molar-refractivity contribution in [1.29, 1.82) is 0 Å². The van der Waals surface area contributed by atoms with Crippen molar-refractivity contribution in [3.05, 3.63) is 59.7 Å². The summed E-state index contributed by atoms with van der Waals surface area (Å²) in [5.74, 6) is 0. The Hall–Kier alpha value is -1.72. The highest BCUT2D eigenvalue weighted by atomic mass is 16.5. The molecule has 0 atom stereocenters. The summed E-state index contributed by atoms with van der Waals surface area (Å²) in [5, 5.41) is 0. The first-order valence-corrected chi connectivity index (χ1v) is 21.5. The summed E-state index contributed by atoms with van der Waals surface area (Å²) in [5.41, 5.74) is 5.02. The second kappa shape index (κ2) is 32.0. The fourth-order valence-corrected chi connectivity index (χ4v) is 6.71. The molecule has 2 rings (SSSR count). The third-order valence-electron chi connectivity index (χ3n) is 10.1. The number of hydrogen-bond acceptors (Lipinski definition) is 4. The number of unbranched alkanes of at least 4 members (excludes halogenated alkanes) is 14. The van der Waals surface area contributed by atoms with Gasteiger partial charge >= 0.3 is 0 Å². The molecule has 0 heterocycles. The van der Waals surface area contributed by atoms with E-state index in [1.165, 1.54) is 177 Å². The Balaban J connectivity index is 1.58. The molecule has 4 heteroatoms. The summed E-state index contributed by atoms with van der Waals surface area (Å²) in [4.78, 5) is 5.40. The smallest absolute Gasteiger partial charge is 0.0716 e. The van der Waals surface area contributed by atoms with Crippen LogP contribution in [0.25, 0.3) is 11.1 Å². The quantitative estimate of drug-likeness (QED) is 0.0671. The van der Waals surface area contributed by atoms with Gasteiger partial charge in [-0.2, -0.15) is 0 Å². The van der Waals surface area contributed by atoms with Gasteiger partial charge < -0.3 is 19.3 Å². The summed E-state index contributed by atoms with van der Waals surface area (Å²) >= 11 is 0. The first-order chi connectivity index (χ1) is 24.7. The average molecular weight is 693 g/mol. The molecule has 2 aromatic carbocycles. The van der Waals surface area contributed by atoms with Crippen molar-refractivity contribution in [1.82, 2.24) is 9.80 Å². The highest BCUT2D eigenvalue weighted by Gasteiger charge is 2.06. The monoisotopic (exact) mass is 693 g/mol. The average Bonchev–Trinajstić information content (AvgIpc) is 3.14. The first-order valence-electron chi connectivity index (χ1n) is 21.5. The van der Waals surface area contributed by atoms with Crippen LogP contribution in [0.1, 0.15) is 167 Å². The maximum Gasteiger partial charge on any atom is 0.0716 e. The summed E-state index contributed by atoms with van der Waals surface area (Å²) in [6.45, 7) is 19.8. The summed E-state index contributed by atoms with van der Waals surface area (Å²) in [6, 6.07) is 17.8. The molecule has 0 unspecified atom stereocenters. The molecule has 0 bridgehead atoms. The van der Waals surface area contributed by atoms with Gasteiger partial charge in [-0.1, -0.05) is 153 Å². The highest BCUT2D eigenvalue weighted by Crippen LogP contribution is 2.21. The van der Waals surface area contributed by atoms with Crippen molar-refractivity contribution in [2.75, 3.05) is 52.5 Å². The van der Waals surface area contributed by atoms with E-state index < -0.39 is 0 Å². The lowest BCUT2D eigenvalue weighted by atomic mass is 10.0. The van der Waals surface area contributed by atoms with Crippen LogP contribution in [0.5, 0.6) is 0 Å². The molecule has 0 fully saturated rings. The number of nitrogens with zero attached hydrogens (tertiary/aromatic N) is 2. The Bertz CT molecular complexity index is 911. The van der Waals surface area contributed by atoms with Crippen LogP contribution in [0.2, 0.25) is 0 Å². The van der Waals surface area contributed by atoms with Gasteiger partial charge in [-0.3, -0.25) is 0 Å². The second-order valence-electron chi connectivity index (χ2n) is 14.8. The Morgan fingerprint density at radius 2 is 0.640 bits per heavy atom. The van der Waals surface area contributed by atoms with Crippen LogP contribution in [0.4, 0.5) is 0 Å². The van der Waals surface area contributed by atoms with Gasteiger partial charge in [0, 0.05) is 13.2 Å². The summed E-state index contributed by atoms with van der Waals surface area (Å²) < 4.78 is 12.1. The van der Waals surface area contributed by atoms with Gasteiger partial charge in [-0.25, -0.2) is 0 Å². The van der Waals surface area contributed by atoms with E-state index in [-0.39, 0.29) is 0 Å². The normalized spacial score (nSPS) is 11.7. The van der Waals surface area contributed by atoms with Crippen molar-refractivity contribution >= 4 is 0 Å². The van der Waals surface area contributed by atoms with Crippen LogP contribution in [0, 0.1) is 0 Å². The predicted octanol–water partition coefficient (Wildman–Crippen LogP) is 12.9. The third kappa shape index (κ3) is 23.0. The zero-order valence-corrected chi connectivity index (χ0v) is 33.5. The van der Waals surface area contributed by atoms with Crippen molar-refractivity contribution in [3.63, 3.8) is 0 Å². The lowest BCUT2D eigenvalue weighted by molar-refractivity contribution is 0.114.